The van der Waals surface area contributed by atoms with Crippen LogP contribution in [0.5, 0.6) is 0 Å². The summed E-state index contributed by atoms with van der Waals surface area (Å²) in [6.07, 6.45) is 0. The lowest BCUT2D eigenvalue weighted by Gasteiger charge is -2.22. The molecule has 0 unspecified atom stereocenters. The Morgan fingerprint density at radius 1 is 0.579 bits per heavy atom. The minimum Gasteiger partial charge on any atom is -0.400 e. The van der Waals surface area contributed by atoms with E-state index in [9.17, 15) is 0 Å². The highest BCUT2D eigenvalue weighted by molar-refractivity contribution is 6.52. The Morgan fingerprint density at radius 3 is 0.947 bits per heavy atom. The van der Waals surface area contributed by atoms with Gasteiger partial charge in [0.2, 0.25) is 0 Å². The summed E-state index contributed by atoms with van der Waals surface area (Å²) in [6, 6.07) is 0. The highest BCUT2D eigenvalue weighted by Gasteiger charge is 2.54. The lowest BCUT2D eigenvalue weighted by atomic mass is 10.9. The van der Waals surface area contributed by atoms with Gasteiger partial charge in [-0.3, -0.25) is 0 Å². The van der Waals surface area contributed by atoms with E-state index in [0.29, 0.717) is 0 Å². The third kappa shape index (κ3) is 11.4. The van der Waals surface area contributed by atoms with Crippen molar-refractivity contribution >= 4 is 9.05 Å². The van der Waals surface area contributed by atoms with Crippen LogP contribution in [0.2, 0.25) is 0 Å². The molecule has 0 saturated heterocycles. The Kier molecular flexibility index (Phi) is 17.7. The summed E-state index contributed by atoms with van der Waals surface area (Å²) in [5.74, 6) is 0. The van der Waals surface area contributed by atoms with Gasteiger partial charge in [-0.15, -0.1) is 0 Å². The lowest BCUT2D eigenvalue weighted by molar-refractivity contribution is -0.425. The maximum absolute atomic E-state index is 7.00. The van der Waals surface area contributed by atoms with Crippen molar-refractivity contribution in [1.29, 1.82) is 0 Å². The number of hydrogen-bond acceptors (Lipinski definition) is 9. The maximum Gasteiger partial charge on any atom is 0.792 e. The zero-order valence-electron chi connectivity index (χ0n) is 12.0. The summed E-state index contributed by atoms with van der Waals surface area (Å²) in [6.45, 7) is 7.99. The Hall–Kier alpha value is -0.143. The van der Waals surface area contributed by atoms with Gasteiger partial charge in [-0.2, -0.15) is 18.3 Å². The van der Waals surface area contributed by atoms with Crippen LogP contribution < -0.4 is 0 Å². The van der Waals surface area contributed by atoms with E-state index in [2.05, 4.69) is 0 Å². The summed E-state index contributed by atoms with van der Waals surface area (Å²) in [5, 5.41) is 7.00. The van der Waals surface area contributed by atoms with Crippen LogP contribution in [0.25, 0.3) is 0 Å². The minimum absolute atomic E-state index is 0.273. The molecule has 0 saturated carbocycles. The fourth-order valence-corrected chi connectivity index (χ4v) is 1.82. The normalized spacial score (nSPS) is 11.1. The van der Waals surface area contributed by atoms with Crippen molar-refractivity contribution in [3.63, 3.8) is 0 Å². The molecule has 19 heavy (non-hydrogen) atoms. The first kappa shape index (κ1) is 21.2. The quantitative estimate of drug-likeness (QED) is 0.320. The van der Waals surface area contributed by atoms with Crippen molar-refractivity contribution in [3.8, 4) is 0 Å². The van der Waals surface area contributed by atoms with E-state index in [-0.39, 0.29) is 26.4 Å². The van der Waals surface area contributed by atoms with E-state index >= 15 is 0 Å². The van der Waals surface area contributed by atoms with E-state index in [1.807, 2.05) is 0 Å². The second kappa shape index (κ2) is 15.9. The standard InChI is InChI=1S/C8H20O8Si.CH4O/c1-5-9-13-17(14-10-6-2,15-11-7-3)16-12-8-4;1-2/h5-8H2,1-4H3;2H,1H3. The Balaban J connectivity index is 0. The molecular formula is C9H24O9Si. The van der Waals surface area contributed by atoms with Crippen molar-refractivity contribution in [3.05, 3.63) is 0 Å². The molecule has 0 radical (unpaired) electrons. The van der Waals surface area contributed by atoms with Crippen molar-refractivity contribution in [1.82, 2.24) is 0 Å². The van der Waals surface area contributed by atoms with E-state index in [1.54, 1.807) is 27.7 Å². The molecule has 0 aliphatic heterocycles. The van der Waals surface area contributed by atoms with Gasteiger partial charge in [0.25, 0.3) is 0 Å². The van der Waals surface area contributed by atoms with Crippen LogP contribution in [0.3, 0.4) is 0 Å². The molecule has 9 nitrogen and oxygen atoms in total. The number of aliphatic hydroxyl groups is 1. The lowest BCUT2D eigenvalue weighted by Crippen LogP contribution is -2.49. The first-order valence-electron chi connectivity index (χ1n) is 5.91. The molecule has 0 atom stereocenters. The third-order valence-corrected chi connectivity index (χ3v) is 2.40. The Morgan fingerprint density at radius 2 is 0.789 bits per heavy atom. The minimum atomic E-state index is -3.77. The maximum atomic E-state index is 7.00. The molecule has 0 rings (SSSR count). The van der Waals surface area contributed by atoms with Gasteiger partial charge in [0.05, 0.1) is 26.4 Å². The highest BCUT2D eigenvalue weighted by atomic mass is 28.4. The molecule has 118 valence electrons. The van der Waals surface area contributed by atoms with E-state index in [1.165, 1.54) is 0 Å². The van der Waals surface area contributed by atoms with Crippen molar-refractivity contribution in [2.75, 3.05) is 33.5 Å². The van der Waals surface area contributed by atoms with Crippen molar-refractivity contribution in [2.24, 2.45) is 0 Å². The van der Waals surface area contributed by atoms with E-state index in [0.717, 1.165) is 7.11 Å². The fraction of sp³-hybridized carbons (Fsp3) is 1.00. The van der Waals surface area contributed by atoms with Crippen LogP contribution in [-0.4, -0.2) is 47.7 Å². The Bertz CT molecular complexity index is 134. The molecule has 0 fully saturated rings. The summed E-state index contributed by atoms with van der Waals surface area (Å²) in [7, 11) is -2.77. The van der Waals surface area contributed by atoms with Gasteiger partial charge < -0.3 is 5.11 Å². The molecule has 0 aliphatic carbocycles. The van der Waals surface area contributed by atoms with Crippen LogP contribution in [0.1, 0.15) is 27.7 Å². The van der Waals surface area contributed by atoms with Crippen molar-refractivity contribution in [2.45, 2.75) is 27.7 Å². The molecule has 0 amide bonds. The van der Waals surface area contributed by atoms with Gasteiger partial charge in [-0.25, -0.2) is 19.6 Å². The zero-order valence-corrected chi connectivity index (χ0v) is 13.0. The Labute approximate surface area is 114 Å². The monoisotopic (exact) mass is 304 g/mol. The average Bonchev–Trinajstić information content (AvgIpc) is 2.48. The highest BCUT2D eigenvalue weighted by Crippen LogP contribution is 2.14. The summed E-state index contributed by atoms with van der Waals surface area (Å²) < 4.78 is 19.5. The van der Waals surface area contributed by atoms with Gasteiger partial charge in [-0.05, 0) is 27.7 Å². The second-order valence-electron chi connectivity index (χ2n) is 2.46. The molecule has 0 aromatic rings. The molecule has 0 aromatic carbocycles. The molecule has 0 bridgehead atoms. The van der Waals surface area contributed by atoms with Crippen LogP contribution in [0, 0.1) is 0 Å². The second-order valence-corrected chi connectivity index (χ2v) is 4.13. The van der Waals surface area contributed by atoms with Crippen LogP contribution in [0.15, 0.2) is 0 Å². The molecule has 1 N–H and O–H groups in total. The smallest absolute Gasteiger partial charge is 0.400 e. The van der Waals surface area contributed by atoms with Crippen LogP contribution in [0.4, 0.5) is 0 Å². The van der Waals surface area contributed by atoms with Gasteiger partial charge in [0.15, 0.2) is 0 Å². The van der Waals surface area contributed by atoms with Crippen LogP contribution in [-0.2, 0) is 37.9 Å². The predicted molar refractivity (Wildman–Crippen MR) is 64.7 cm³/mol. The molecule has 0 spiro atoms. The fourth-order valence-electron chi connectivity index (χ4n) is 0.608. The van der Waals surface area contributed by atoms with E-state index in [4.69, 9.17) is 43.0 Å². The topological polar surface area (TPSA) is 94.1 Å². The van der Waals surface area contributed by atoms with Gasteiger partial charge in [-0.1, -0.05) is 0 Å². The largest absolute Gasteiger partial charge is 0.792 e. The summed E-state index contributed by atoms with van der Waals surface area (Å²) in [4.78, 5) is 18.9. The third-order valence-electron chi connectivity index (χ3n) is 1.12. The first-order chi connectivity index (χ1) is 9.24. The number of rotatable bonds is 12. The first-order valence-corrected chi connectivity index (χ1v) is 7.55. The zero-order chi connectivity index (χ0) is 15.0. The SMILES string of the molecule is CCOO[Si](OOCC)(OOCC)OOCC.CO. The van der Waals surface area contributed by atoms with Crippen molar-refractivity contribution < 1.29 is 43.0 Å². The van der Waals surface area contributed by atoms with Gasteiger partial charge in [0.1, 0.15) is 0 Å². The van der Waals surface area contributed by atoms with Crippen LogP contribution >= 0.6 is 0 Å². The van der Waals surface area contributed by atoms with E-state index < -0.39 is 9.05 Å². The van der Waals surface area contributed by atoms with Gasteiger partial charge >= 0.3 is 9.05 Å². The number of hydrogen-bond donors (Lipinski definition) is 1. The molecule has 0 aliphatic rings. The average molecular weight is 304 g/mol. The molecule has 10 heteroatoms. The molecule has 0 heterocycles. The summed E-state index contributed by atoms with van der Waals surface area (Å²) in [5.41, 5.74) is 0. The summed E-state index contributed by atoms with van der Waals surface area (Å²) >= 11 is 0. The molecule has 0 aromatic heterocycles. The predicted octanol–water partition coefficient (Wildman–Crippen LogP) is 0.903. The molecular weight excluding hydrogens is 280 g/mol. The van der Waals surface area contributed by atoms with Gasteiger partial charge in [0, 0.05) is 7.11 Å². The number of aliphatic hydroxyl groups excluding tert-OH is 1.